The van der Waals surface area contributed by atoms with E-state index < -0.39 is 0 Å². The van der Waals surface area contributed by atoms with Crippen LogP contribution in [0.5, 0.6) is 5.75 Å². The summed E-state index contributed by atoms with van der Waals surface area (Å²) < 4.78 is 5.43. The fraction of sp³-hybridized carbons (Fsp3) is 0.250. The first kappa shape index (κ1) is 15.2. The Balaban J connectivity index is 2.07. The van der Waals surface area contributed by atoms with Gasteiger partial charge in [-0.1, -0.05) is 29.8 Å². The van der Waals surface area contributed by atoms with Crippen LogP contribution in [0.3, 0.4) is 0 Å². The monoisotopic (exact) mass is 307 g/mol. The standard InChI is InChI=1S/C16H18ClNOS/c1-18-15(14-5-3-4-6-16(14)19-2)11-20-13-9-7-12(17)8-10-13/h3-10,15,18H,11H2,1-2H3. The van der Waals surface area contributed by atoms with Crippen molar-refractivity contribution in [2.45, 2.75) is 10.9 Å². The van der Waals surface area contributed by atoms with E-state index in [1.807, 2.05) is 49.5 Å². The van der Waals surface area contributed by atoms with Crippen molar-refractivity contribution >= 4 is 23.4 Å². The third kappa shape index (κ3) is 3.92. The van der Waals surface area contributed by atoms with Gasteiger partial charge >= 0.3 is 0 Å². The van der Waals surface area contributed by atoms with Crippen LogP contribution in [0.15, 0.2) is 53.4 Å². The largest absolute Gasteiger partial charge is 0.496 e. The van der Waals surface area contributed by atoms with E-state index >= 15 is 0 Å². The maximum atomic E-state index is 5.90. The van der Waals surface area contributed by atoms with Gasteiger partial charge in [0.2, 0.25) is 0 Å². The Bertz CT molecular complexity index is 544. The van der Waals surface area contributed by atoms with Crippen molar-refractivity contribution in [1.82, 2.24) is 5.32 Å². The van der Waals surface area contributed by atoms with E-state index in [-0.39, 0.29) is 6.04 Å². The van der Waals surface area contributed by atoms with Crippen LogP contribution >= 0.6 is 23.4 Å². The lowest BCUT2D eigenvalue weighted by atomic mass is 10.1. The second-order valence-electron chi connectivity index (χ2n) is 4.35. The molecule has 0 saturated heterocycles. The van der Waals surface area contributed by atoms with E-state index in [0.717, 1.165) is 16.5 Å². The zero-order chi connectivity index (χ0) is 14.4. The fourth-order valence-corrected chi connectivity index (χ4v) is 3.15. The third-order valence-corrected chi connectivity index (χ3v) is 4.45. The van der Waals surface area contributed by atoms with Crippen molar-refractivity contribution < 1.29 is 4.74 Å². The molecule has 0 aromatic heterocycles. The minimum Gasteiger partial charge on any atom is -0.496 e. The average molecular weight is 308 g/mol. The van der Waals surface area contributed by atoms with E-state index in [9.17, 15) is 0 Å². The summed E-state index contributed by atoms with van der Waals surface area (Å²) in [7, 11) is 3.68. The molecule has 0 bridgehead atoms. The van der Waals surface area contributed by atoms with Crippen LogP contribution in [0.25, 0.3) is 0 Å². The number of nitrogens with one attached hydrogen (secondary N) is 1. The van der Waals surface area contributed by atoms with Gasteiger partial charge in [0, 0.05) is 27.3 Å². The molecule has 106 valence electrons. The Morgan fingerprint density at radius 2 is 1.85 bits per heavy atom. The maximum absolute atomic E-state index is 5.90. The molecule has 2 nitrogen and oxygen atoms in total. The molecule has 2 rings (SSSR count). The zero-order valence-corrected chi connectivity index (χ0v) is 13.2. The van der Waals surface area contributed by atoms with Gasteiger partial charge in [-0.2, -0.15) is 0 Å². The number of halogens is 1. The van der Waals surface area contributed by atoms with Crippen LogP contribution in [-0.2, 0) is 0 Å². The van der Waals surface area contributed by atoms with Crippen LogP contribution < -0.4 is 10.1 Å². The van der Waals surface area contributed by atoms with E-state index in [2.05, 4.69) is 11.4 Å². The predicted octanol–water partition coefficient (Wildman–Crippen LogP) is 4.40. The van der Waals surface area contributed by atoms with Crippen LogP contribution in [-0.4, -0.2) is 19.9 Å². The van der Waals surface area contributed by atoms with E-state index in [1.165, 1.54) is 10.5 Å². The highest BCUT2D eigenvalue weighted by Gasteiger charge is 2.14. The Hall–Kier alpha value is -1.16. The molecule has 1 N–H and O–H groups in total. The van der Waals surface area contributed by atoms with Crippen molar-refractivity contribution in [1.29, 1.82) is 0 Å². The van der Waals surface area contributed by atoms with Gasteiger partial charge in [0.05, 0.1) is 7.11 Å². The highest BCUT2D eigenvalue weighted by molar-refractivity contribution is 7.99. The number of thioether (sulfide) groups is 1. The first-order chi connectivity index (χ1) is 9.74. The van der Waals surface area contributed by atoms with Crippen molar-refractivity contribution in [2.24, 2.45) is 0 Å². The topological polar surface area (TPSA) is 21.3 Å². The molecule has 0 spiro atoms. The fourth-order valence-electron chi connectivity index (χ4n) is 1.99. The van der Waals surface area contributed by atoms with Gasteiger partial charge in [-0.15, -0.1) is 11.8 Å². The number of ether oxygens (including phenoxy) is 1. The maximum Gasteiger partial charge on any atom is 0.123 e. The van der Waals surface area contributed by atoms with Crippen molar-refractivity contribution in [2.75, 3.05) is 19.9 Å². The lowest BCUT2D eigenvalue weighted by Crippen LogP contribution is -2.19. The minimum absolute atomic E-state index is 0.242. The van der Waals surface area contributed by atoms with Gasteiger partial charge < -0.3 is 10.1 Å². The summed E-state index contributed by atoms with van der Waals surface area (Å²) in [5.74, 6) is 1.85. The highest BCUT2D eigenvalue weighted by atomic mass is 35.5. The molecular formula is C16H18ClNOS. The van der Waals surface area contributed by atoms with Crippen molar-refractivity contribution in [3.05, 3.63) is 59.1 Å². The predicted molar refractivity (Wildman–Crippen MR) is 87.0 cm³/mol. The molecule has 0 amide bonds. The molecule has 0 aliphatic carbocycles. The summed E-state index contributed by atoms with van der Waals surface area (Å²) in [6.45, 7) is 0. The van der Waals surface area contributed by atoms with E-state index in [0.29, 0.717) is 0 Å². The van der Waals surface area contributed by atoms with Crippen LogP contribution in [0.2, 0.25) is 5.02 Å². The Morgan fingerprint density at radius 3 is 2.50 bits per heavy atom. The quantitative estimate of drug-likeness (QED) is 0.799. The molecule has 0 heterocycles. The third-order valence-electron chi connectivity index (χ3n) is 3.09. The Labute approximate surface area is 129 Å². The van der Waals surface area contributed by atoms with Gasteiger partial charge in [-0.25, -0.2) is 0 Å². The number of rotatable bonds is 6. The summed E-state index contributed by atoms with van der Waals surface area (Å²) in [4.78, 5) is 1.21. The molecular weight excluding hydrogens is 290 g/mol. The van der Waals surface area contributed by atoms with Crippen LogP contribution in [0, 0.1) is 0 Å². The Kier molecular flexibility index (Phi) is 5.77. The minimum atomic E-state index is 0.242. The molecule has 1 unspecified atom stereocenters. The molecule has 2 aromatic rings. The molecule has 0 radical (unpaired) electrons. The summed E-state index contributed by atoms with van der Waals surface area (Å²) >= 11 is 7.70. The molecule has 1 atom stereocenters. The second-order valence-corrected chi connectivity index (χ2v) is 5.88. The van der Waals surface area contributed by atoms with Gasteiger partial charge in [0.15, 0.2) is 0 Å². The Morgan fingerprint density at radius 1 is 1.15 bits per heavy atom. The normalized spacial score (nSPS) is 12.2. The van der Waals surface area contributed by atoms with Gasteiger partial charge in [-0.05, 0) is 37.4 Å². The molecule has 0 aliphatic rings. The number of para-hydroxylation sites is 1. The number of hydrogen-bond donors (Lipinski definition) is 1. The molecule has 4 heteroatoms. The SMILES string of the molecule is CNC(CSc1ccc(Cl)cc1)c1ccccc1OC. The lowest BCUT2D eigenvalue weighted by Gasteiger charge is -2.19. The molecule has 0 aliphatic heterocycles. The van der Waals surface area contributed by atoms with Gasteiger partial charge in [0.1, 0.15) is 5.75 Å². The summed E-state index contributed by atoms with van der Waals surface area (Å²) in [6, 6.07) is 16.3. The zero-order valence-electron chi connectivity index (χ0n) is 11.6. The molecule has 0 fully saturated rings. The first-order valence-electron chi connectivity index (χ1n) is 6.43. The van der Waals surface area contributed by atoms with Crippen molar-refractivity contribution in [3.63, 3.8) is 0 Å². The van der Waals surface area contributed by atoms with Crippen molar-refractivity contribution in [3.8, 4) is 5.75 Å². The molecule has 20 heavy (non-hydrogen) atoms. The molecule has 0 saturated carbocycles. The van der Waals surface area contributed by atoms with Crippen LogP contribution in [0.4, 0.5) is 0 Å². The number of hydrogen-bond acceptors (Lipinski definition) is 3. The first-order valence-corrected chi connectivity index (χ1v) is 7.79. The van der Waals surface area contributed by atoms with Gasteiger partial charge in [0.25, 0.3) is 0 Å². The summed E-state index contributed by atoms with van der Waals surface area (Å²) in [5.41, 5.74) is 1.18. The van der Waals surface area contributed by atoms with Gasteiger partial charge in [-0.3, -0.25) is 0 Å². The van der Waals surface area contributed by atoms with E-state index in [1.54, 1.807) is 18.9 Å². The smallest absolute Gasteiger partial charge is 0.123 e. The number of benzene rings is 2. The van der Waals surface area contributed by atoms with Crippen LogP contribution in [0.1, 0.15) is 11.6 Å². The van der Waals surface area contributed by atoms with E-state index in [4.69, 9.17) is 16.3 Å². The average Bonchev–Trinajstić information content (AvgIpc) is 2.50. The lowest BCUT2D eigenvalue weighted by molar-refractivity contribution is 0.404. The summed E-state index contributed by atoms with van der Waals surface area (Å²) in [5, 5.41) is 4.12. The number of methoxy groups -OCH3 is 1. The molecule has 2 aromatic carbocycles. The summed E-state index contributed by atoms with van der Waals surface area (Å²) in [6.07, 6.45) is 0. The highest BCUT2D eigenvalue weighted by Crippen LogP contribution is 2.30. The second kappa shape index (κ2) is 7.58.